The fourth-order valence-corrected chi connectivity index (χ4v) is 2.99. The van der Waals surface area contributed by atoms with Crippen LogP contribution < -0.4 is 4.90 Å². The van der Waals surface area contributed by atoms with Gasteiger partial charge in [0.2, 0.25) is 0 Å². The fourth-order valence-electron chi connectivity index (χ4n) is 2.99. The van der Waals surface area contributed by atoms with Gasteiger partial charge in [-0.05, 0) is 37.0 Å². The summed E-state index contributed by atoms with van der Waals surface area (Å²) in [6, 6.07) is 4.90. The van der Waals surface area contributed by atoms with Gasteiger partial charge in [0.25, 0.3) is 5.91 Å². The summed E-state index contributed by atoms with van der Waals surface area (Å²) in [7, 11) is 0. The molecule has 1 aromatic carbocycles. The number of anilines is 1. The quantitative estimate of drug-likeness (QED) is 0.729. The summed E-state index contributed by atoms with van der Waals surface area (Å²) in [5.74, 6) is -0.525. The lowest BCUT2D eigenvalue weighted by Crippen LogP contribution is -2.44. The first-order valence-corrected chi connectivity index (χ1v) is 6.50. The molecular weight excluding hydrogens is 247 g/mol. The van der Waals surface area contributed by atoms with E-state index in [0.29, 0.717) is 12.2 Å². The molecule has 2 heterocycles. The van der Waals surface area contributed by atoms with Crippen molar-refractivity contribution < 1.29 is 14.0 Å². The highest BCUT2D eigenvalue weighted by Crippen LogP contribution is 2.33. The smallest absolute Gasteiger partial charge is 0.312 e. The largest absolute Gasteiger partial charge is 0.332 e. The second-order valence-corrected chi connectivity index (χ2v) is 5.19. The van der Waals surface area contributed by atoms with Crippen LogP contribution in [0, 0.1) is 11.7 Å². The normalized spacial score (nSPS) is 26.8. The van der Waals surface area contributed by atoms with Crippen LogP contribution in [0.3, 0.4) is 0 Å². The molecule has 0 radical (unpaired) electrons. The van der Waals surface area contributed by atoms with Crippen molar-refractivity contribution in [3.8, 4) is 0 Å². The Bertz CT molecular complexity index is 546. The first-order valence-electron chi connectivity index (χ1n) is 6.50. The summed E-state index contributed by atoms with van der Waals surface area (Å²) < 4.78 is 13.3. The number of fused-ring (bicyclic) bond motifs is 1. The Labute approximate surface area is 110 Å². The maximum Gasteiger partial charge on any atom is 0.332 e. The number of amides is 3. The molecule has 4 nitrogen and oxygen atoms in total. The van der Waals surface area contributed by atoms with Crippen molar-refractivity contribution >= 4 is 17.6 Å². The van der Waals surface area contributed by atoms with Crippen LogP contribution >= 0.6 is 0 Å². The molecule has 2 aliphatic heterocycles. The molecule has 0 aromatic heterocycles. The Hall–Kier alpha value is -1.91. The van der Waals surface area contributed by atoms with E-state index in [2.05, 4.69) is 0 Å². The van der Waals surface area contributed by atoms with E-state index >= 15 is 0 Å². The van der Waals surface area contributed by atoms with Crippen molar-refractivity contribution in [1.29, 1.82) is 0 Å². The maximum absolute atomic E-state index is 13.3. The number of carbonyl (C=O) groups excluding carboxylic acids is 2. The lowest BCUT2D eigenvalue weighted by Gasteiger charge is -2.31. The topological polar surface area (TPSA) is 40.6 Å². The van der Waals surface area contributed by atoms with E-state index in [0.717, 1.165) is 17.7 Å². The predicted octanol–water partition coefficient (Wildman–Crippen LogP) is 2.39. The van der Waals surface area contributed by atoms with Crippen molar-refractivity contribution in [3.05, 3.63) is 30.1 Å². The molecule has 1 aromatic rings. The fraction of sp³-hybridized carbons (Fsp3) is 0.429. The van der Waals surface area contributed by atoms with Crippen molar-refractivity contribution in [1.82, 2.24) is 4.90 Å². The van der Waals surface area contributed by atoms with Gasteiger partial charge in [0.15, 0.2) is 0 Å². The molecule has 0 N–H and O–H groups in total. The van der Waals surface area contributed by atoms with Crippen LogP contribution in [0.2, 0.25) is 0 Å². The van der Waals surface area contributed by atoms with Gasteiger partial charge in [-0.25, -0.2) is 14.1 Å². The zero-order valence-electron chi connectivity index (χ0n) is 10.7. The van der Waals surface area contributed by atoms with E-state index in [1.807, 2.05) is 6.92 Å². The molecule has 2 atom stereocenters. The third-order valence-electron chi connectivity index (χ3n) is 3.91. The van der Waals surface area contributed by atoms with Gasteiger partial charge in [-0.1, -0.05) is 13.0 Å². The molecule has 0 saturated carbocycles. The lowest BCUT2D eigenvalue weighted by atomic mass is 9.91. The number of hydrogen-bond acceptors (Lipinski definition) is 2. The number of hydrogen-bond donors (Lipinski definition) is 0. The Morgan fingerprint density at radius 3 is 2.79 bits per heavy atom. The average molecular weight is 262 g/mol. The summed E-state index contributed by atoms with van der Waals surface area (Å²) >= 11 is 0. The molecule has 2 saturated heterocycles. The number of rotatable bonds is 1. The predicted molar refractivity (Wildman–Crippen MR) is 68.2 cm³/mol. The van der Waals surface area contributed by atoms with Gasteiger partial charge in [-0.3, -0.25) is 4.79 Å². The molecule has 5 heteroatoms. The molecule has 3 amide bonds. The standard InChI is InChI=1S/C14H15FN2O2/c1-9-4-3-7-16-12(9)13(18)17(14(16)19)11-6-2-5-10(15)8-11/h2,5-6,8-9,12H,3-4,7H2,1H3. The van der Waals surface area contributed by atoms with Gasteiger partial charge in [-0.2, -0.15) is 0 Å². The van der Waals surface area contributed by atoms with E-state index < -0.39 is 5.82 Å². The van der Waals surface area contributed by atoms with Gasteiger partial charge in [-0.15, -0.1) is 0 Å². The molecule has 2 unspecified atom stereocenters. The molecule has 3 rings (SSSR count). The van der Waals surface area contributed by atoms with Crippen LogP contribution in [0.4, 0.5) is 14.9 Å². The van der Waals surface area contributed by atoms with Crippen LogP contribution in [0.25, 0.3) is 0 Å². The average Bonchev–Trinajstić information content (AvgIpc) is 2.63. The molecular formula is C14H15FN2O2. The van der Waals surface area contributed by atoms with E-state index in [-0.39, 0.29) is 23.9 Å². The number of carbonyl (C=O) groups is 2. The second-order valence-electron chi connectivity index (χ2n) is 5.19. The number of nitrogens with zero attached hydrogens (tertiary/aromatic N) is 2. The SMILES string of the molecule is CC1CCCN2C(=O)N(c3cccc(F)c3)C(=O)C12. The minimum atomic E-state index is -0.448. The van der Waals surface area contributed by atoms with Crippen LogP contribution in [0.1, 0.15) is 19.8 Å². The monoisotopic (exact) mass is 262 g/mol. The Morgan fingerprint density at radius 1 is 1.32 bits per heavy atom. The highest BCUT2D eigenvalue weighted by atomic mass is 19.1. The zero-order chi connectivity index (χ0) is 13.6. The minimum absolute atomic E-state index is 0.156. The minimum Gasteiger partial charge on any atom is -0.312 e. The van der Waals surface area contributed by atoms with Crippen molar-refractivity contribution in [3.63, 3.8) is 0 Å². The summed E-state index contributed by atoms with van der Waals surface area (Å²) in [5, 5.41) is 0. The summed E-state index contributed by atoms with van der Waals surface area (Å²) in [4.78, 5) is 27.4. The summed E-state index contributed by atoms with van der Waals surface area (Å²) in [6.07, 6.45) is 1.85. The van der Waals surface area contributed by atoms with Gasteiger partial charge in [0, 0.05) is 6.54 Å². The molecule has 100 valence electrons. The summed E-state index contributed by atoms with van der Waals surface area (Å²) in [5.41, 5.74) is 0.316. The highest BCUT2D eigenvalue weighted by Gasteiger charge is 2.49. The number of benzene rings is 1. The van der Waals surface area contributed by atoms with E-state index in [9.17, 15) is 14.0 Å². The molecule has 19 heavy (non-hydrogen) atoms. The summed E-state index contributed by atoms with van der Waals surface area (Å²) in [6.45, 7) is 2.59. The van der Waals surface area contributed by atoms with Crippen LogP contribution in [-0.4, -0.2) is 29.4 Å². The first-order chi connectivity index (χ1) is 9.09. The maximum atomic E-state index is 13.3. The lowest BCUT2D eigenvalue weighted by molar-refractivity contribution is -0.121. The van der Waals surface area contributed by atoms with Gasteiger partial charge < -0.3 is 4.90 Å². The molecule has 0 bridgehead atoms. The van der Waals surface area contributed by atoms with Crippen molar-refractivity contribution in [2.24, 2.45) is 5.92 Å². The van der Waals surface area contributed by atoms with E-state index in [1.165, 1.54) is 18.2 Å². The van der Waals surface area contributed by atoms with Crippen LogP contribution in [0.5, 0.6) is 0 Å². The molecule has 2 aliphatic rings. The molecule has 0 aliphatic carbocycles. The Balaban J connectivity index is 1.99. The second kappa shape index (κ2) is 4.33. The zero-order valence-corrected chi connectivity index (χ0v) is 10.7. The Kier molecular flexibility index (Phi) is 2.77. The number of halogens is 1. The molecule has 0 spiro atoms. The number of imide groups is 1. The van der Waals surface area contributed by atoms with E-state index in [1.54, 1.807) is 11.0 Å². The first kappa shape index (κ1) is 12.1. The van der Waals surface area contributed by atoms with Crippen molar-refractivity contribution in [2.75, 3.05) is 11.4 Å². The van der Waals surface area contributed by atoms with Crippen LogP contribution in [0.15, 0.2) is 24.3 Å². The van der Waals surface area contributed by atoms with Gasteiger partial charge in [0.05, 0.1) is 5.69 Å². The Morgan fingerprint density at radius 2 is 2.11 bits per heavy atom. The van der Waals surface area contributed by atoms with Gasteiger partial charge >= 0.3 is 6.03 Å². The van der Waals surface area contributed by atoms with E-state index in [4.69, 9.17) is 0 Å². The van der Waals surface area contributed by atoms with Gasteiger partial charge in [0.1, 0.15) is 11.9 Å². The van der Waals surface area contributed by atoms with Crippen LogP contribution in [-0.2, 0) is 4.79 Å². The highest BCUT2D eigenvalue weighted by molar-refractivity contribution is 6.21. The molecule has 2 fully saturated rings. The third kappa shape index (κ3) is 1.80. The number of urea groups is 1. The van der Waals surface area contributed by atoms with Crippen molar-refractivity contribution in [2.45, 2.75) is 25.8 Å². The third-order valence-corrected chi connectivity index (χ3v) is 3.91. The number of piperidine rings is 1.